The zero-order valence-electron chi connectivity index (χ0n) is 34.0. The highest BCUT2D eigenvalue weighted by molar-refractivity contribution is 7.91. The van der Waals surface area contributed by atoms with Gasteiger partial charge in [0.15, 0.2) is 5.13 Å². The quantitative estimate of drug-likeness (QED) is 0.0897. The van der Waals surface area contributed by atoms with Gasteiger partial charge in [-0.2, -0.15) is 26.3 Å². The molecule has 0 unspecified atom stereocenters. The number of amides is 3. The van der Waals surface area contributed by atoms with Gasteiger partial charge in [0.1, 0.15) is 29.5 Å². The van der Waals surface area contributed by atoms with Gasteiger partial charge in [-0.3, -0.25) is 19.1 Å². The molecular formula is C41H41ClF6N6O7S2. The van der Waals surface area contributed by atoms with E-state index in [2.05, 4.69) is 31.9 Å². The van der Waals surface area contributed by atoms with Crippen molar-refractivity contribution in [1.29, 1.82) is 0 Å². The molecule has 3 fully saturated rings. The maximum Gasteiger partial charge on any atom is 0.417 e. The Labute approximate surface area is 366 Å². The first-order valence-electron chi connectivity index (χ1n) is 19.5. The number of methoxy groups -OCH3 is 1. The van der Waals surface area contributed by atoms with Crippen molar-refractivity contribution in [1.82, 2.24) is 24.9 Å². The van der Waals surface area contributed by atoms with E-state index in [0.29, 0.717) is 52.6 Å². The van der Waals surface area contributed by atoms with Crippen LogP contribution in [-0.4, -0.2) is 83.6 Å². The number of carbonyl (C=O) groups excluding carboxylic acids is 3. The van der Waals surface area contributed by atoms with Crippen molar-refractivity contribution in [3.05, 3.63) is 76.8 Å². The number of aromatic nitrogens is 2. The minimum absolute atomic E-state index is 0.0257. The van der Waals surface area contributed by atoms with E-state index in [1.807, 2.05) is 0 Å². The molecule has 1 saturated heterocycles. The fourth-order valence-electron chi connectivity index (χ4n) is 7.55. The third kappa shape index (κ3) is 9.41. The van der Waals surface area contributed by atoms with Gasteiger partial charge < -0.3 is 25.0 Å². The first-order chi connectivity index (χ1) is 29.4. The van der Waals surface area contributed by atoms with Crippen LogP contribution in [0.4, 0.5) is 31.5 Å². The van der Waals surface area contributed by atoms with Crippen molar-refractivity contribution in [2.45, 2.75) is 87.8 Å². The normalized spacial score (nSPS) is 22.0. The van der Waals surface area contributed by atoms with Crippen molar-refractivity contribution >= 4 is 66.6 Å². The van der Waals surface area contributed by atoms with Crippen molar-refractivity contribution < 1.29 is 58.6 Å². The van der Waals surface area contributed by atoms with Crippen LogP contribution in [-0.2, 0) is 36.8 Å². The van der Waals surface area contributed by atoms with E-state index in [0.717, 1.165) is 16.7 Å². The summed E-state index contributed by atoms with van der Waals surface area (Å²) in [7, 11) is -2.56. The molecule has 0 bridgehead atoms. The molecule has 1 aliphatic heterocycles. The number of nitrogens with zero attached hydrogens (tertiary/aromatic N) is 3. The van der Waals surface area contributed by atoms with E-state index in [9.17, 15) is 49.1 Å². The third-order valence-corrected chi connectivity index (χ3v) is 14.0. The molecule has 2 aromatic carbocycles. The summed E-state index contributed by atoms with van der Waals surface area (Å²) in [5.41, 5.74) is -6.62. The number of nitrogens with one attached hydrogen (secondary N) is 3. The summed E-state index contributed by atoms with van der Waals surface area (Å²) in [5.74, 6) is -2.62. The lowest BCUT2D eigenvalue weighted by Gasteiger charge is -2.35. The number of hydrogen-bond donors (Lipinski definition) is 3. The molecule has 3 aliphatic rings. The second-order valence-electron chi connectivity index (χ2n) is 16.7. The zero-order chi connectivity index (χ0) is 46.0. The molecule has 7 rings (SSSR count). The van der Waals surface area contributed by atoms with Gasteiger partial charge in [-0.1, -0.05) is 38.4 Å². The lowest BCUT2D eigenvalue weighted by Crippen LogP contribution is -2.58. The van der Waals surface area contributed by atoms with E-state index < -0.39 is 103 Å². The number of anilines is 1. The van der Waals surface area contributed by atoms with E-state index in [1.165, 1.54) is 24.3 Å². The molecule has 3 heterocycles. The summed E-state index contributed by atoms with van der Waals surface area (Å²) in [6.07, 6.45) is -7.43. The average Bonchev–Trinajstić information content (AvgIpc) is 4.09. The Morgan fingerprint density at radius 3 is 2.37 bits per heavy atom. The number of halogens is 7. The topological polar surface area (TPSA) is 169 Å². The van der Waals surface area contributed by atoms with Crippen LogP contribution in [0.15, 0.2) is 60.6 Å². The highest BCUT2D eigenvalue weighted by atomic mass is 35.5. The molecule has 3 N–H and O–H groups in total. The van der Waals surface area contributed by atoms with Crippen molar-refractivity contribution in [2.24, 2.45) is 11.3 Å². The fraction of sp³-hybridized carbons (Fsp3) is 0.439. The van der Waals surface area contributed by atoms with Crippen LogP contribution in [0.5, 0.6) is 11.6 Å². The number of hydrogen-bond acceptors (Lipinski definition) is 11. The number of pyridine rings is 1. The molecule has 0 radical (unpaired) electrons. The Morgan fingerprint density at radius 2 is 1.76 bits per heavy atom. The van der Waals surface area contributed by atoms with Gasteiger partial charge >= 0.3 is 12.4 Å². The van der Waals surface area contributed by atoms with Crippen LogP contribution in [0.2, 0.25) is 5.02 Å². The predicted molar refractivity (Wildman–Crippen MR) is 222 cm³/mol. The lowest BCUT2D eigenvalue weighted by atomic mass is 9.85. The van der Waals surface area contributed by atoms with E-state index in [-0.39, 0.29) is 30.4 Å². The van der Waals surface area contributed by atoms with E-state index in [1.54, 1.807) is 39.0 Å². The highest BCUT2D eigenvalue weighted by Gasteiger charge is 2.62. The van der Waals surface area contributed by atoms with Crippen LogP contribution in [0.1, 0.15) is 57.6 Å². The smallest absolute Gasteiger partial charge is 0.417 e. The number of rotatable bonds is 13. The van der Waals surface area contributed by atoms with Gasteiger partial charge in [0.25, 0.3) is 5.91 Å². The van der Waals surface area contributed by atoms with Crippen LogP contribution in [0.3, 0.4) is 0 Å². The van der Waals surface area contributed by atoms with Crippen LogP contribution < -0.4 is 24.8 Å². The minimum atomic E-state index is -5.03. The minimum Gasteiger partial charge on any atom is -0.494 e. The summed E-state index contributed by atoms with van der Waals surface area (Å²) >= 11 is 7.08. The summed E-state index contributed by atoms with van der Waals surface area (Å²) in [6, 6.07) is 3.36. The maximum absolute atomic E-state index is 14.9. The summed E-state index contributed by atoms with van der Waals surface area (Å²) in [5, 5.41) is 7.34. The number of ether oxygens (including phenoxy) is 2. The Kier molecular flexibility index (Phi) is 12.0. The summed E-state index contributed by atoms with van der Waals surface area (Å²) < 4.78 is 122. The monoisotopic (exact) mass is 942 g/mol. The molecule has 5 atom stereocenters. The molecule has 2 aromatic heterocycles. The highest BCUT2D eigenvalue weighted by Crippen LogP contribution is 2.46. The Morgan fingerprint density at radius 1 is 1.05 bits per heavy atom. The van der Waals surface area contributed by atoms with E-state index in [4.69, 9.17) is 21.1 Å². The molecule has 3 amide bonds. The fourth-order valence-corrected chi connectivity index (χ4v) is 9.83. The largest absolute Gasteiger partial charge is 0.494 e. The molecule has 338 valence electrons. The van der Waals surface area contributed by atoms with E-state index >= 15 is 0 Å². The predicted octanol–water partition coefficient (Wildman–Crippen LogP) is 7.60. The first kappa shape index (κ1) is 45.9. The molecular weight excluding hydrogens is 902 g/mol. The van der Waals surface area contributed by atoms with Gasteiger partial charge in [-0.05, 0) is 61.1 Å². The molecule has 0 spiro atoms. The molecule has 2 saturated carbocycles. The number of benzene rings is 2. The number of likely N-dealkylation sites (tertiary alicyclic amines) is 1. The first-order valence-corrected chi connectivity index (χ1v) is 22.3. The number of thiazole rings is 1. The van der Waals surface area contributed by atoms with Crippen LogP contribution >= 0.6 is 22.9 Å². The van der Waals surface area contributed by atoms with Crippen molar-refractivity contribution in [2.75, 3.05) is 19.0 Å². The number of sulfonamides is 1. The maximum atomic E-state index is 14.9. The Balaban J connectivity index is 1.21. The van der Waals surface area contributed by atoms with Crippen LogP contribution in [0, 0.1) is 11.3 Å². The Hall–Kier alpha value is -5.15. The number of alkyl halides is 6. The average molecular weight is 943 g/mol. The van der Waals surface area contributed by atoms with Gasteiger partial charge in [0.05, 0.1) is 41.9 Å². The summed E-state index contributed by atoms with van der Waals surface area (Å²) in [4.78, 5) is 52.7. The molecule has 22 heteroatoms. The number of carbonyl (C=O) groups is 3. The SMILES string of the molecule is C=C[C@@H]1C[C@]1(NC(=O)[C@@H]1C[C@@H](Oc2ncc(OC)c3ccc(Cl)cc23)CN1C(=O)[C@@H](Nc1nc(-c2cc(C(F)(F)F)ccc2C(F)(F)F)cs1)C(C)(C)C)C(=O)NS(=O)(=O)C1CC1. The second kappa shape index (κ2) is 16.4. The molecule has 63 heavy (non-hydrogen) atoms. The second-order valence-corrected chi connectivity index (χ2v) is 20.0. The van der Waals surface area contributed by atoms with Gasteiger partial charge in [-0.25, -0.2) is 18.4 Å². The third-order valence-electron chi connectivity index (χ3n) is 11.2. The standard InChI is InChI=1S/C41H41ClF6N6O7S2/c1-6-20-16-39(20,36(57)53-63(58,59)24-9-10-24)52-33(55)30-15-23(61-34-26-14-22(42)8-11-25(26)31(60-5)17-49-34)18-54(30)35(56)32(38(2,3)4)51-37-50-29(19-62-37)27-13-21(40(43,44)45)7-12-28(27)41(46,47)48/h6-8,11-14,17,19-20,23-24,30,32H,1,9-10,15-16,18H2,2-5H3,(H,50,51)(H,52,55)(H,53,57)/t20-,23-,30+,32-,39-/m1/s1. The summed E-state index contributed by atoms with van der Waals surface area (Å²) in [6.45, 7) is 8.50. The zero-order valence-corrected chi connectivity index (χ0v) is 36.4. The van der Waals surface area contributed by atoms with Gasteiger partial charge in [0.2, 0.25) is 27.7 Å². The lowest BCUT2D eigenvalue weighted by molar-refractivity contribution is -0.141. The van der Waals surface area contributed by atoms with Crippen molar-refractivity contribution in [3.63, 3.8) is 0 Å². The van der Waals surface area contributed by atoms with Gasteiger partial charge in [-0.15, -0.1) is 17.9 Å². The van der Waals surface area contributed by atoms with Crippen molar-refractivity contribution in [3.8, 4) is 22.9 Å². The Bertz CT molecular complexity index is 2600. The van der Waals surface area contributed by atoms with Gasteiger partial charge in [0, 0.05) is 39.1 Å². The molecule has 13 nitrogen and oxygen atoms in total. The molecule has 4 aromatic rings. The number of fused-ring (bicyclic) bond motifs is 1. The van der Waals surface area contributed by atoms with Crippen LogP contribution in [0.25, 0.3) is 22.0 Å². The molecule has 2 aliphatic carbocycles.